The fourth-order valence-corrected chi connectivity index (χ4v) is 2.21. The van der Waals surface area contributed by atoms with Crippen molar-refractivity contribution in [1.29, 1.82) is 0 Å². The zero-order chi connectivity index (χ0) is 14.8. The molecule has 0 radical (unpaired) electrons. The molecule has 3 heteroatoms. The first-order chi connectivity index (χ1) is 10.1. The first-order valence-electron chi connectivity index (χ1n) is 6.63. The number of halogens is 2. The normalized spacial score (nSPS) is 10.6. The van der Waals surface area contributed by atoms with E-state index in [9.17, 15) is 8.78 Å². The minimum Gasteiger partial charge on any atom is -0.248 e. The van der Waals surface area contributed by atoms with Gasteiger partial charge in [-0.3, -0.25) is 0 Å². The van der Waals surface area contributed by atoms with Gasteiger partial charge in [-0.2, -0.15) is 0 Å². The lowest BCUT2D eigenvalue weighted by Crippen LogP contribution is -1.92. The lowest BCUT2D eigenvalue weighted by Gasteiger charge is -2.08. The number of rotatable bonds is 2. The number of hydrogen-bond acceptors (Lipinski definition) is 1. The van der Waals surface area contributed by atoms with Crippen LogP contribution in [0.4, 0.5) is 8.78 Å². The van der Waals surface area contributed by atoms with Crippen LogP contribution < -0.4 is 0 Å². The first-order valence-corrected chi connectivity index (χ1v) is 6.63. The Bertz CT molecular complexity index is 762. The van der Waals surface area contributed by atoms with E-state index >= 15 is 0 Å². The van der Waals surface area contributed by atoms with Crippen molar-refractivity contribution < 1.29 is 8.78 Å². The van der Waals surface area contributed by atoms with E-state index in [-0.39, 0.29) is 11.6 Å². The summed E-state index contributed by atoms with van der Waals surface area (Å²) in [6.07, 6.45) is 0. The summed E-state index contributed by atoms with van der Waals surface area (Å²) in [4.78, 5) is 4.63. The highest BCUT2D eigenvalue weighted by Crippen LogP contribution is 2.26. The monoisotopic (exact) mass is 281 g/mol. The van der Waals surface area contributed by atoms with Gasteiger partial charge in [0.25, 0.3) is 0 Å². The smallest absolute Gasteiger partial charge is 0.123 e. The number of benzene rings is 2. The molecule has 0 fully saturated rings. The Morgan fingerprint density at radius 3 is 1.76 bits per heavy atom. The molecule has 0 amide bonds. The molecule has 2 aromatic carbocycles. The topological polar surface area (TPSA) is 12.9 Å². The van der Waals surface area contributed by atoms with Crippen LogP contribution in [0.15, 0.2) is 60.7 Å². The van der Waals surface area contributed by atoms with Crippen molar-refractivity contribution in [2.45, 2.75) is 6.92 Å². The summed E-state index contributed by atoms with van der Waals surface area (Å²) in [5.74, 6) is -0.546. The lowest BCUT2D eigenvalue weighted by atomic mass is 10.0. The van der Waals surface area contributed by atoms with Crippen molar-refractivity contribution in [2.75, 3.05) is 0 Å². The third-order valence-electron chi connectivity index (χ3n) is 3.35. The Hall–Kier alpha value is -2.55. The molecule has 0 aliphatic rings. The minimum absolute atomic E-state index is 0.272. The highest BCUT2D eigenvalue weighted by molar-refractivity contribution is 5.68. The predicted molar refractivity (Wildman–Crippen MR) is 79.8 cm³/mol. The summed E-state index contributed by atoms with van der Waals surface area (Å²) < 4.78 is 26.0. The molecule has 0 unspecified atom stereocenters. The Kier molecular flexibility index (Phi) is 3.48. The molecule has 0 aliphatic carbocycles. The van der Waals surface area contributed by atoms with Crippen molar-refractivity contribution in [3.63, 3.8) is 0 Å². The van der Waals surface area contributed by atoms with Crippen LogP contribution in [0.2, 0.25) is 0 Å². The maximum atomic E-state index is 13.0. The minimum atomic E-state index is -0.274. The lowest BCUT2D eigenvalue weighted by molar-refractivity contribution is 0.627. The number of pyridine rings is 1. The molecule has 0 spiro atoms. The largest absolute Gasteiger partial charge is 0.248 e. The van der Waals surface area contributed by atoms with Crippen molar-refractivity contribution in [2.24, 2.45) is 0 Å². The predicted octanol–water partition coefficient (Wildman–Crippen LogP) is 5.00. The van der Waals surface area contributed by atoms with E-state index in [1.807, 2.05) is 19.1 Å². The van der Waals surface area contributed by atoms with Gasteiger partial charge in [-0.25, -0.2) is 13.8 Å². The highest BCUT2D eigenvalue weighted by atomic mass is 19.1. The van der Waals surface area contributed by atoms with E-state index in [1.54, 1.807) is 24.3 Å². The van der Waals surface area contributed by atoms with Gasteiger partial charge in [0.2, 0.25) is 0 Å². The van der Waals surface area contributed by atoms with E-state index in [4.69, 9.17) is 0 Å². The third kappa shape index (κ3) is 2.82. The fourth-order valence-electron chi connectivity index (χ4n) is 2.21. The zero-order valence-corrected chi connectivity index (χ0v) is 11.5. The van der Waals surface area contributed by atoms with Gasteiger partial charge in [0.15, 0.2) is 0 Å². The maximum Gasteiger partial charge on any atom is 0.123 e. The second kappa shape index (κ2) is 5.44. The van der Waals surface area contributed by atoms with E-state index < -0.39 is 0 Å². The van der Waals surface area contributed by atoms with Gasteiger partial charge in [-0.05, 0) is 67.1 Å². The van der Waals surface area contributed by atoms with Crippen molar-refractivity contribution in [1.82, 2.24) is 4.98 Å². The first kappa shape index (κ1) is 13.4. The number of nitrogens with zero attached hydrogens (tertiary/aromatic N) is 1. The summed E-state index contributed by atoms with van der Waals surface area (Å²) >= 11 is 0. The van der Waals surface area contributed by atoms with Gasteiger partial charge in [-0.15, -0.1) is 0 Å². The number of aromatic nitrogens is 1. The van der Waals surface area contributed by atoms with E-state index in [1.165, 1.54) is 24.3 Å². The van der Waals surface area contributed by atoms with Crippen molar-refractivity contribution in [3.05, 3.63) is 77.9 Å². The Labute approximate surface area is 121 Å². The van der Waals surface area contributed by atoms with Crippen LogP contribution >= 0.6 is 0 Å². The van der Waals surface area contributed by atoms with Crippen LogP contribution in [-0.2, 0) is 0 Å². The number of aryl methyl sites for hydroxylation is 1. The van der Waals surface area contributed by atoms with Crippen LogP contribution in [0.3, 0.4) is 0 Å². The third-order valence-corrected chi connectivity index (χ3v) is 3.35. The average Bonchev–Trinajstić information content (AvgIpc) is 2.50. The van der Waals surface area contributed by atoms with Crippen LogP contribution in [0.25, 0.3) is 22.5 Å². The molecule has 0 saturated carbocycles. The van der Waals surface area contributed by atoms with E-state index in [0.29, 0.717) is 0 Å². The molecule has 3 rings (SSSR count). The summed E-state index contributed by atoms with van der Waals surface area (Å²) in [6, 6.07) is 16.3. The average molecular weight is 281 g/mol. The Balaban J connectivity index is 2.07. The zero-order valence-electron chi connectivity index (χ0n) is 11.5. The molecule has 3 aromatic rings. The molecular formula is C18H13F2N. The van der Waals surface area contributed by atoms with E-state index in [2.05, 4.69) is 4.98 Å². The molecule has 0 saturated heterocycles. The summed E-state index contributed by atoms with van der Waals surface area (Å²) in [6.45, 7) is 1.96. The van der Waals surface area contributed by atoms with E-state index in [0.717, 1.165) is 28.1 Å². The quantitative estimate of drug-likeness (QED) is 0.644. The van der Waals surface area contributed by atoms with Crippen molar-refractivity contribution in [3.8, 4) is 22.5 Å². The van der Waals surface area contributed by atoms with Gasteiger partial charge >= 0.3 is 0 Å². The molecule has 21 heavy (non-hydrogen) atoms. The van der Waals surface area contributed by atoms with Crippen molar-refractivity contribution >= 4 is 0 Å². The molecule has 0 N–H and O–H groups in total. The molecule has 1 aromatic heterocycles. The molecule has 1 nitrogen and oxygen atoms in total. The SMILES string of the molecule is Cc1ccc(-c2ccc(F)cc2)nc1-c1ccc(F)cc1. The van der Waals surface area contributed by atoms with Crippen LogP contribution in [0, 0.1) is 18.6 Å². The van der Waals surface area contributed by atoms with Gasteiger partial charge in [0.05, 0.1) is 11.4 Å². The van der Waals surface area contributed by atoms with Crippen LogP contribution in [-0.4, -0.2) is 4.98 Å². The van der Waals surface area contributed by atoms with Crippen LogP contribution in [0.1, 0.15) is 5.56 Å². The Morgan fingerprint density at radius 2 is 1.19 bits per heavy atom. The molecule has 1 heterocycles. The second-order valence-electron chi connectivity index (χ2n) is 4.88. The van der Waals surface area contributed by atoms with Gasteiger partial charge in [0, 0.05) is 11.1 Å². The van der Waals surface area contributed by atoms with Gasteiger partial charge in [-0.1, -0.05) is 6.07 Å². The molecule has 104 valence electrons. The maximum absolute atomic E-state index is 13.0. The Morgan fingerprint density at radius 1 is 0.667 bits per heavy atom. The standard InChI is InChI=1S/C18H13F2N/c1-12-2-11-17(13-3-7-15(19)8-4-13)21-18(12)14-5-9-16(20)10-6-14/h2-11H,1H3. The summed E-state index contributed by atoms with van der Waals surface area (Å²) in [5, 5.41) is 0. The van der Waals surface area contributed by atoms with Gasteiger partial charge < -0.3 is 0 Å². The molecule has 0 aliphatic heterocycles. The van der Waals surface area contributed by atoms with Gasteiger partial charge in [0.1, 0.15) is 11.6 Å². The summed E-state index contributed by atoms with van der Waals surface area (Å²) in [7, 11) is 0. The second-order valence-corrected chi connectivity index (χ2v) is 4.88. The molecule has 0 atom stereocenters. The molecule has 0 bridgehead atoms. The highest BCUT2D eigenvalue weighted by Gasteiger charge is 2.07. The fraction of sp³-hybridized carbons (Fsp3) is 0.0556. The van der Waals surface area contributed by atoms with Crippen LogP contribution in [0.5, 0.6) is 0 Å². The molecular weight excluding hydrogens is 268 g/mol. The number of hydrogen-bond donors (Lipinski definition) is 0. The summed E-state index contributed by atoms with van der Waals surface area (Å²) in [5.41, 5.74) is 4.28.